The van der Waals surface area contributed by atoms with Gasteiger partial charge in [0.05, 0.1) is 32.5 Å². The average molecular weight is 565 g/mol. The van der Waals surface area contributed by atoms with Gasteiger partial charge in [0.25, 0.3) is 0 Å². The van der Waals surface area contributed by atoms with E-state index in [1.54, 1.807) is 7.11 Å². The Morgan fingerprint density at radius 2 is 1.53 bits per heavy atom. The molecule has 218 valence electrons. The molecule has 38 heavy (non-hydrogen) atoms. The molecule has 0 radical (unpaired) electrons. The van der Waals surface area contributed by atoms with Crippen LogP contribution in [-0.4, -0.2) is 54.8 Å². The summed E-state index contributed by atoms with van der Waals surface area (Å²) in [6.45, 7) is 33.4. The van der Waals surface area contributed by atoms with Crippen LogP contribution in [0.5, 0.6) is 5.75 Å². The first-order chi connectivity index (χ1) is 17.3. The molecule has 0 saturated carbocycles. The van der Waals surface area contributed by atoms with Crippen LogP contribution in [0.1, 0.15) is 61.0 Å². The lowest BCUT2D eigenvalue weighted by Gasteiger charge is -2.43. The lowest BCUT2D eigenvalue weighted by molar-refractivity contribution is 0.0403. The van der Waals surface area contributed by atoms with Crippen molar-refractivity contribution in [2.24, 2.45) is 11.8 Å². The van der Waals surface area contributed by atoms with E-state index in [9.17, 15) is 0 Å². The highest BCUT2D eigenvalue weighted by Gasteiger charge is 2.63. The van der Waals surface area contributed by atoms with Crippen LogP contribution in [0.4, 0.5) is 0 Å². The van der Waals surface area contributed by atoms with Gasteiger partial charge in [0.1, 0.15) is 11.4 Å². The highest BCUT2D eigenvalue weighted by Crippen LogP contribution is 2.50. The van der Waals surface area contributed by atoms with Crippen molar-refractivity contribution < 1.29 is 23.1 Å². The van der Waals surface area contributed by atoms with Crippen molar-refractivity contribution in [2.75, 3.05) is 20.3 Å². The largest absolute Gasteiger partial charge is 0.497 e. The van der Waals surface area contributed by atoms with Crippen LogP contribution in [0, 0.1) is 11.8 Å². The van der Waals surface area contributed by atoms with E-state index in [0.29, 0.717) is 19.8 Å². The van der Waals surface area contributed by atoms with Crippen LogP contribution >= 0.6 is 0 Å². The van der Waals surface area contributed by atoms with Gasteiger partial charge in [-0.3, -0.25) is 0 Å². The highest BCUT2D eigenvalue weighted by atomic mass is 28.4. The van der Waals surface area contributed by atoms with Gasteiger partial charge >= 0.3 is 0 Å². The normalized spacial score (nSPS) is 23.0. The second kappa shape index (κ2) is 12.3. The van der Waals surface area contributed by atoms with Crippen LogP contribution in [0.3, 0.4) is 0 Å². The summed E-state index contributed by atoms with van der Waals surface area (Å²) in [6.07, 6.45) is 1.96. The Morgan fingerprint density at radius 1 is 0.974 bits per heavy atom. The van der Waals surface area contributed by atoms with Crippen molar-refractivity contribution in [1.82, 2.24) is 0 Å². The molecular formula is C31H56O5Si2. The van der Waals surface area contributed by atoms with Gasteiger partial charge in [0.2, 0.25) is 0 Å². The number of benzene rings is 1. The van der Waals surface area contributed by atoms with E-state index in [-0.39, 0.29) is 34.1 Å². The molecule has 0 aromatic heterocycles. The molecule has 0 N–H and O–H groups in total. The van der Waals surface area contributed by atoms with E-state index < -0.39 is 22.2 Å². The van der Waals surface area contributed by atoms with E-state index in [4.69, 9.17) is 23.1 Å². The first-order valence-electron chi connectivity index (χ1n) is 14.1. The van der Waals surface area contributed by atoms with Crippen molar-refractivity contribution in [3.05, 3.63) is 42.5 Å². The van der Waals surface area contributed by atoms with Crippen molar-refractivity contribution in [1.29, 1.82) is 0 Å². The zero-order chi connectivity index (χ0) is 29.2. The fourth-order valence-electron chi connectivity index (χ4n) is 4.25. The molecule has 0 spiro atoms. The lowest BCUT2D eigenvalue weighted by Crippen LogP contribution is -2.52. The molecule has 1 saturated heterocycles. The Bertz CT molecular complexity index is 900. The summed E-state index contributed by atoms with van der Waals surface area (Å²) in [4.78, 5) is 0. The topological polar surface area (TPSA) is 49.5 Å². The highest BCUT2D eigenvalue weighted by molar-refractivity contribution is 6.74. The smallest absolute Gasteiger partial charge is 0.192 e. The minimum Gasteiger partial charge on any atom is -0.497 e. The fourth-order valence-corrected chi connectivity index (χ4v) is 6.68. The van der Waals surface area contributed by atoms with E-state index in [0.717, 1.165) is 11.3 Å². The molecule has 7 heteroatoms. The molecule has 1 aliphatic rings. The third kappa shape index (κ3) is 8.04. The third-order valence-corrected chi connectivity index (χ3v) is 18.1. The molecule has 0 bridgehead atoms. The van der Waals surface area contributed by atoms with Crippen molar-refractivity contribution >= 4 is 16.6 Å². The van der Waals surface area contributed by atoms with Gasteiger partial charge in [-0.2, -0.15) is 0 Å². The molecule has 0 aliphatic carbocycles. The SMILES string of the molecule is C=C[C@H](CO[Si](C)(C)C(C)(C)C)[C@H](O[Si](C)(C)C(C)(C)C)C1(C)O[C@@H]1[C@@H](C)COCc1ccc(OC)cc1. The molecule has 5 atom stereocenters. The average Bonchev–Trinajstić information content (AvgIpc) is 3.50. The zero-order valence-corrected chi connectivity index (χ0v) is 28.6. The summed E-state index contributed by atoms with van der Waals surface area (Å²) in [5.74, 6) is 1.13. The Hall–Kier alpha value is -0.966. The van der Waals surface area contributed by atoms with E-state index in [1.807, 2.05) is 30.3 Å². The lowest BCUT2D eigenvalue weighted by atomic mass is 9.86. The molecule has 0 amide bonds. The number of rotatable bonds is 14. The Kier molecular flexibility index (Phi) is 10.7. The first-order valence-corrected chi connectivity index (χ1v) is 19.9. The Labute approximate surface area is 235 Å². The predicted molar refractivity (Wildman–Crippen MR) is 164 cm³/mol. The summed E-state index contributed by atoms with van der Waals surface area (Å²) in [7, 11) is -2.32. The maximum atomic E-state index is 7.13. The predicted octanol–water partition coefficient (Wildman–Crippen LogP) is 8.22. The van der Waals surface area contributed by atoms with E-state index in [2.05, 4.69) is 88.2 Å². The molecule has 2 rings (SSSR count). The van der Waals surface area contributed by atoms with Crippen LogP contribution < -0.4 is 4.74 Å². The summed E-state index contributed by atoms with van der Waals surface area (Å²) >= 11 is 0. The van der Waals surface area contributed by atoms with Gasteiger partial charge in [-0.25, -0.2) is 0 Å². The van der Waals surface area contributed by atoms with Crippen LogP contribution in [-0.2, 0) is 24.9 Å². The second-order valence-corrected chi connectivity index (χ2v) is 23.9. The van der Waals surface area contributed by atoms with E-state index >= 15 is 0 Å². The fraction of sp³-hybridized carbons (Fsp3) is 0.742. The number of hydrogen-bond acceptors (Lipinski definition) is 5. The summed E-state index contributed by atoms with van der Waals surface area (Å²) in [6, 6.07) is 8.02. The molecule has 1 unspecified atom stereocenters. The van der Waals surface area contributed by atoms with Crippen molar-refractivity contribution in [3.8, 4) is 5.75 Å². The molecule has 1 aromatic rings. The molecule has 5 nitrogen and oxygen atoms in total. The summed E-state index contributed by atoms with van der Waals surface area (Å²) in [5.41, 5.74) is 0.722. The van der Waals surface area contributed by atoms with Crippen molar-refractivity contribution in [2.45, 2.75) is 116 Å². The first kappa shape index (κ1) is 33.2. The minimum absolute atomic E-state index is 0.0423. The van der Waals surface area contributed by atoms with Gasteiger partial charge < -0.3 is 23.1 Å². The zero-order valence-electron chi connectivity index (χ0n) is 26.6. The number of epoxide rings is 1. The molecule has 1 aromatic carbocycles. The third-order valence-electron chi connectivity index (χ3n) is 9.14. The van der Waals surface area contributed by atoms with E-state index in [1.165, 1.54) is 0 Å². The molecule has 1 fully saturated rings. The maximum Gasteiger partial charge on any atom is 0.192 e. The molecular weight excluding hydrogens is 509 g/mol. The second-order valence-electron chi connectivity index (χ2n) is 14.3. The summed E-state index contributed by atoms with van der Waals surface area (Å²) < 4.78 is 31.7. The molecule has 1 aliphatic heterocycles. The van der Waals surface area contributed by atoms with Crippen LogP contribution in [0.2, 0.25) is 36.3 Å². The van der Waals surface area contributed by atoms with Crippen molar-refractivity contribution in [3.63, 3.8) is 0 Å². The standard InChI is InChI=1S/C31H56O5Si2/c1-15-25(22-34-37(11,12)29(3,4)5)28(36-38(13,14)30(6,7)8)31(9)27(35-31)23(2)20-33-21-24-16-18-26(32-10)19-17-24/h15-19,23,25,27-28H,1,20-22H2,2-14H3/t23-,25+,27+,28-,31?/m0/s1. The number of ether oxygens (including phenoxy) is 3. The summed E-state index contributed by atoms with van der Waals surface area (Å²) in [5, 5.41) is 0.234. The van der Waals surface area contributed by atoms with Crippen LogP contribution in [0.25, 0.3) is 0 Å². The van der Waals surface area contributed by atoms with Gasteiger partial charge in [0.15, 0.2) is 16.6 Å². The van der Waals surface area contributed by atoms with Gasteiger partial charge in [-0.1, -0.05) is 66.7 Å². The molecule has 1 heterocycles. The Balaban J connectivity index is 2.16. The quantitative estimate of drug-likeness (QED) is 0.129. The minimum atomic E-state index is -2.08. The van der Waals surface area contributed by atoms with Gasteiger partial charge in [-0.05, 0) is 60.9 Å². The monoisotopic (exact) mass is 564 g/mol. The number of hydrogen-bond donors (Lipinski definition) is 0. The van der Waals surface area contributed by atoms with Crippen LogP contribution in [0.15, 0.2) is 36.9 Å². The van der Waals surface area contributed by atoms with Gasteiger partial charge in [-0.15, -0.1) is 6.58 Å². The maximum absolute atomic E-state index is 7.13. The van der Waals surface area contributed by atoms with Gasteiger partial charge in [0, 0.05) is 18.4 Å². The Morgan fingerprint density at radius 3 is 2.00 bits per heavy atom. The number of methoxy groups -OCH3 is 1.